The van der Waals surface area contributed by atoms with Crippen LogP contribution in [-0.2, 0) is 14.3 Å². The van der Waals surface area contributed by atoms with Crippen molar-refractivity contribution in [1.29, 1.82) is 0 Å². The number of amides is 1. The quantitative estimate of drug-likeness (QED) is 0.162. The molecule has 2 N–H and O–H groups in total. The smallest absolute Gasteiger partial charge is 0.412 e. The molecule has 9 heteroatoms. The number of aromatic hydroxyl groups is 1. The Morgan fingerprint density at radius 1 is 1.23 bits per heavy atom. The SMILES string of the molecule is CSc1ccc(NC(=O)O[C@@H](c2cc(I)ccc2O)[C@@H](C)CCOC(=O)CS)cc1. The van der Waals surface area contributed by atoms with Crippen molar-refractivity contribution in [2.75, 3.05) is 23.9 Å². The number of nitrogens with one attached hydrogen (secondary N) is 1. The maximum atomic E-state index is 12.6. The average Bonchev–Trinajstić information content (AvgIpc) is 2.74. The Hall–Kier alpha value is -1.59. The van der Waals surface area contributed by atoms with E-state index >= 15 is 0 Å². The number of anilines is 1. The maximum Gasteiger partial charge on any atom is 0.412 e. The van der Waals surface area contributed by atoms with Gasteiger partial charge in [-0.3, -0.25) is 10.1 Å². The Bertz CT molecular complexity index is 863. The molecule has 0 spiro atoms. The second-order valence-corrected chi connectivity index (χ2v) is 8.97. The standard InChI is InChI=1S/C21H24INO5S2/c1-13(9-10-27-19(25)12-29)20(17-11-14(22)3-8-18(17)24)28-21(26)23-15-4-6-16(30-2)7-5-15/h3-8,11,13,20,24,29H,9-10,12H2,1-2H3,(H,23,26)/t13-,20+/m0/s1. The van der Waals surface area contributed by atoms with E-state index in [9.17, 15) is 14.7 Å². The number of thiol groups is 1. The summed E-state index contributed by atoms with van der Waals surface area (Å²) in [5.41, 5.74) is 1.11. The fourth-order valence-corrected chi connectivity index (χ4v) is 3.75. The summed E-state index contributed by atoms with van der Waals surface area (Å²) in [6, 6.07) is 12.5. The van der Waals surface area contributed by atoms with E-state index in [2.05, 4.69) is 40.5 Å². The molecule has 6 nitrogen and oxygen atoms in total. The summed E-state index contributed by atoms with van der Waals surface area (Å²) in [5.74, 6) is -0.585. The molecular weight excluding hydrogens is 537 g/mol. The number of hydrogen-bond acceptors (Lipinski definition) is 7. The van der Waals surface area contributed by atoms with E-state index in [0.29, 0.717) is 17.7 Å². The lowest BCUT2D eigenvalue weighted by molar-refractivity contribution is -0.141. The van der Waals surface area contributed by atoms with Crippen molar-refractivity contribution >= 4 is 64.7 Å². The molecular formula is C21H24INO5S2. The average molecular weight is 561 g/mol. The summed E-state index contributed by atoms with van der Waals surface area (Å²) in [6.07, 6.45) is 1.07. The number of hydrogen-bond donors (Lipinski definition) is 3. The number of ether oxygens (including phenoxy) is 2. The molecule has 0 saturated carbocycles. The minimum Gasteiger partial charge on any atom is -0.508 e. The molecule has 2 aromatic rings. The van der Waals surface area contributed by atoms with Crippen molar-refractivity contribution in [2.45, 2.75) is 24.3 Å². The van der Waals surface area contributed by atoms with Crippen LogP contribution in [0.3, 0.4) is 0 Å². The first-order valence-corrected chi connectivity index (χ1v) is 12.1. The monoisotopic (exact) mass is 561 g/mol. The molecule has 0 aliphatic carbocycles. The third-order valence-corrected chi connectivity index (χ3v) is 6.02. The highest BCUT2D eigenvalue weighted by Gasteiger charge is 2.27. The third kappa shape index (κ3) is 7.59. The molecule has 0 radical (unpaired) electrons. The zero-order chi connectivity index (χ0) is 22.1. The number of phenols is 1. The van der Waals surface area contributed by atoms with Gasteiger partial charge in [-0.2, -0.15) is 12.6 Å². The van der Waals surface area contributed by atoms with E-state index < -0.39 is 18.2 Å². The molecule has 0 bridgehead atoms. The highest BCUT2D eigenvalue weighted by atomic mass is 127. The Labute approximate surface area is 199 Å². The van der Waals surface area contributed by atoms with E-state index in [0.717, 1.165) is 8.47 Å². The van der Waals surface area contributed by atoms with Crippen molar-refractivity contribution < 1.29 is 24.2 Å². The van der Waals surface area contributed by atoms with Crippen LogP contribution in [0.1, 0.15) is 25.0 Å². The zero-order valence-corrected chi connectivity index (χ0v) is 20.5. The number of esters is 1. The van der Waals surface area contributed by atoms with Crippen LogP contribution in [0.2, 0.25) is 0 Å². The molecule has 0 unspecified atom stereocenters. The van der Waals surface area contributed by atoms with Gasteiger partial charge in [-0.1, -0.05) is 6.92 Å². The van der Waals surface area contributed by atoms with E-state index in [-0.39, 0.29) is 24.0 Å². The van der Waals surface area contributed by atoms with Gasteiger partial charge in [0.05, 0.1) is 12.4 Å². The second kappa shape index (κ2) is 12.3. The van der Waals surface area contributed by atoms with Crippen molar-refractivity contribution in [3.8, 4) is 5.75 Å². The molecule has 0 aliphatic rings. The molecule has 2 rings (SSSR count). The number of carbonyl (C=O) groups is 2. The van der Waals surface area contributed by atoms with E-state index in [1.54, 1.807) is 42.1 Å². The van der Waals surface area contributed by atoms with Crippen LogP contribution in [0.15, 0.2) is 47.4 Å². The van der Waals surface area contributed by atoms with E-state index in [1.165, 1.54) is 0 Å². The van der Waals surface area contributed by atoms with Gasteiger partial charge in [-0.05, 0) is 77.7 Å². The van der Waals surface area contributed by atoms with Crippen LogP contribution in [0.5, 0.6) is 5.75 Å². The topological polar surface area (TPSA) is 84.9 Å². The Morgan fingerprint density at radius 3 is 2.57 bits per heavy atom. The Morgan fingerprint density at radius 2 is 1.93 bits per heavy atom. The van der Waals surface area contributed by atoms with Crippen molar-refractivity contribution in [3.63, 3.8) is 0 Å². The largest absolute Gasteiger partial charge is 0.508 e. The van der Waals surface area contributed by atoms with E-state index in [1.807, 2.05) is 25.3 Å². The van der Waals surface area contributed by atoms with Crippen LogP contribution in [0.25, 0.3) is 0 Å². The molecule has 0 aliphatic heterocycles. The summed E-state index contributed by atoms with van der Waals surface area (Å²) in [7, 11) is 0. The predicted octanol–water partition coefficient (Wildman–Crippen LogP) is 5.51. The fourth-order valence-electron chi connectivity index (χ4n) is 2.73. The molecule has 0 saturated heterocycles. The number of carbonyl (C=O) groups excluding carboxylic acids is 2. The van der Waals surface area contributed by atoms with Crippen molar-refractivity contribution in [1.82, 2.24) is 0 Å². The van der Waals surface area contributed by atoms with Crippen LogP contribution in [0, 0.1) is 9.49 Å². The van der Waals surface area contributed by atoms with Gasteiger partial charge >= 0.3 is 12.1 Å². The molecule has 0 aromatic heterocycles. The number of thioether (sulfide) groups is 1. The molecule has 1 amide bonds. The van der Waals surface area contributed by atoms with Crippen LogP contribution in [0.4, 0.5) is 10.5 Å². The highest BCUT2D eigenvalue weighted by Crippen LogP contribution is 2.35. The van der Waals surface area contributed by atoms with Gasteiger partial charge in [-0.15, -0.1) is 11.8 Å². The number of benzene rings is 2. The minimum atomic E-state index is -0.722. The van der Waals surface area contributed by atoms with Gasteiger partial charge in [0.2, 0.25) is 0 Å². The molecule has 2 aromatic carbocycles. The van der Waals surface area contributed by atoms with Crippen LogP contribution in [-0.4, -0.2) is 35.8 Å². The molecule has 2 atom stereocenters. The van der Waals surface area contributed by atoms with Crippen molar-refractivity contribution in [2.24, 2.45) is 5.92 Å². The Balaban J connectivity index is 2.14. The molecule has 0 heterocycles. The number of halogens is 1. The number of rotatable bonds is 9. The van der Waals surface area contributed by atoms with Gasteiger partial charge in [0.25, 0.3) is 0 Å². The molecule has 30 heavy (non-hydrogen) atoms. The summed E-state index contributed by atoms with van der Waals surface area (Å²) >= 11 is 7.62. The normalized spacial score (nSPS) is 12.7. The van der Waals surface area contributed by atoms with Gasteiger partial charge in [0.15, 0.2) is 0 Å². The first-order chi connectivity index (χ1) is 14.3. The van der Waals surface area contributed by atoms with Crippen LogP contribution >= 0.6 is 47.0 Å². The fraction of sp³-hybridized carbons (Fsp3) is 0.333. The van der Waals surface area contributed by atoms with E-state index in [4.69, 9.17) is 9.47 Å². The molecule has 162 valence electrons. The maximum absolute atomic E-state index is 12.6. The Kier molecular flexibility index (Phi) is 10.1. The van der Waals surface area contributed by atoms with Crippen LogP contribution < -0.4 is 5.32 Å². The lowest BCUT2D eigenvalue weighted by Crippen LogP contribution is -2.23. The summed E-state index contributed by atoms with van der Waals surface area (Å²) < 4.78 is 11.7. The first kappa shape index (κ1) is 24.7. The van der Waals surface area contributed by atoms with Gasteiger partial charge in [0, 0.05) is 25.6 Å². The van der Waals surface area contributed by atoms with Gasteiger partial charge in [-0.25, -0.2) is 4.79 Å². The third-order valence-electron chi connectivity index (χ3n) is 4.35. The minimum absolute atomic E-state index is 0.00368. The lowest BCUT2D eigenvalue weighted by Gasteiger charge is -2.25. The summed E-state index contributed by atoms with van der Waals surface area (Å²) in [6.45, 7) is 2.04. The predicted molar refractivity (Wildman–Crippen MR) is 130 cm³/mol. The summed E-state index contributed by atoms with van der Waals surface area (Å²) in [5, 5.41) is 13.1. The second-order valence-electron chi connectivity index (χ2n) is 6.53. The zero-order valence-electron chi connectivity index (χ0n) is 16.6. The van der Waals surface area contributed by atoms with Crippen molar-refractivity contribution in [3.05, 3.63) is 51.6 Å². The highest BCUT2D eigenvalue weighted by molar-refractivity contribution is 14.1. The first-order valence-electron chi connectivity index (χ1n) is 9.20. The van der Waals surface area contributed by atoms with Gasteiger partial charge in [0.1, 0.15) is 11.9 Å². The number of phenolic OH excluding ortho intramolecular Hbond substituents is 1. The summed E-state index contributed by atoms with van der Waals surface area (Å²) in [4.78, 5) is 25.0. The lowest BCUT2D eigenvalue weighted by atomic mass is 9.94. The molecule has 0 fully saturated rings. The van der Waals surface area contributed by atoms with Gasteiger partial charge < -0.3 is 14.6 Å².